The molecule has 1 unspecified atom stereocenters. The topological polar surface area (TPSA) is 15.3 Å². The van der Waals surface area contributed by atoms with Gasteiger partial charge in [-0.05, 0) is 64.3 Å². The van der Waals surface area contributed by atoms with Gasteiger partial charge in [0.2, 0.25) is 0 Å². The molecule has 0 radical (unpaired) electrons. The third-order valence-electron chi connectivity index (χ3n) is 4.26. The van der Waals surface area contributed by atoms with Crippen LogP contribution in [0.5, 0.6) is 0 Å². The molecule has 20 heavy (non-hydrogen) atoms. The number of nitrogens with one attached hydrogen (secondary N) is 1. The Hall–Kier alpha value is -0.0800. The van der Waals surface area contributed by atoms with Crippen molar-refractivity contribution in [3.63, 3.8) is 0 Å². The van der Waals surface area contributed by atoms with Crippen molar-refractivity contribution in [2.75, 3.05) is 26.2 Å². The SMILES string of the molecule is CCCN(CC1CC1)CC(C)(CCC)CNC(C)(C)C. The van der Waals surface area contributed by atoms with Crippen LogP contribution in [0.2, 0.25) is 0 Å². The van der Waals surface area contributed by atoms with Crippen molar-refractivity contribution >= 4 is 0 Å². The Morgan fingerprint density at radius 2 is 1.70 bits per heavy atom. The molecule has 1 rings (SSSR count). The van der Waals surface area contributed by atoms with E-state index in [1.165, 1.54) is 51.7 Å². The molecular formula is C18H38N2. The van der Waals surface area contributed by atoms with Crippen molar-refractivity contribution in [1.29, 1.82) is 0 Å². The molecule has 1 N–H and O–H groups in total. The summed E-state index contributed by atoms with van der Waals surface area (Å²) in [6, 6.07) is 0. The van der Waals surface area contributed by atoms with Gasteiger partial charge in [0.05, 0.1) is 0 Å². The molecule has 120 valence electrons. The third-order valence-corrected chi connectivity index (χ3v) is 4.26. The van der Waals surface area contributed by atoms with E-state index in [-0.39, 0.29) is 5.54 Å². The zero-order valence-electron chi connectivity index (χ0n) is 14.9. The van der Waals surface area contributed by atoms with Crippen LogP contribution in [-0.2, 0) is 0 Å². The van der Waals surface area contributed by atoms with E-state index in [9.17, 15) is 0 Å². The quantitative estimate of drug-likeness (QED) is 0.642. The van der Waals surface area contributed by atoms with Gasteiger partial charge in [-0.25, -0.2) is 0 Å². The van der Waals surface area contributed by atoms with Gasteiger partial charge in [0, 0.05) is 25.2 Å². The second-order valence-electron chi connectivity index (χ2n) is 8.34. The Balaban J connectivity index is 2.55. The summed E-state index contributed by atoms with van der Waals surface area (Å²) in [7, 11) is 0. The maximum absolute atomic E-state index is 3.74. The van der Waals surface area contributed by atoms with E-state index in [1.807, 2.05) is 0 Å². The molecule has 1 saturated carbocycles. The van der Waals surface area contributed by atoms with Crippen LogP contribution in [0.4, 0.5) is 0 Å². The highest BCUT2D eigenvalue weighted by molar-refractivity contribution is 4.86. The molecule has 0 saturated heterocycles. The summed E-state index contributed by atoms with van der Waals surface area (Å²) >= 11 is 0. The fraction of sp³-hybridized carbons (Fsp3) is 1.00. The maximum Gasteiger partial charge on any atom is 0.00967 e. The molecule has 0 aromatic heterocycles. The summed E-state index contributed by atoms with van der Waals surface area (Å²) in [6.45, 7) is 18.9. The van der Waals surface area contributed by atoms with Crippen molar-refractivity contribution < 1.29 is 0 Å². The average molecular weight is 283 g/mol. The molecule has 1 fully saturated rings. The normalized spacial score (nSPS) is 19.4. The third kappa shape index (κ3) is 7.64. The highest BCUT2D eigenvalue weighted by Crippen LogP contribution is 2.32. The summed E-state index contributed by atoms with van der Waals surface area (Å²) in [5, 5.41) is 3.74. The molecular weight excluding hydrogens is 244 g/mol. The van der Waals surface area contributed by atoms with Gasteiger partial charge < -0.3 is 10.2 Å². The molecule has 0 bridgehead atoms. The lowest BCUT2D eigenvalue weighted by atomic mass is 9.84. The Bertz CT molecular complexity index is 265. The minimum absolute atomic E-state index is 0.223. The first kappa shape index (κ1) is 18.0. The van der Waals surface area contributed by atoms with Gasteiger partial charge in [0.1, 0.15) is 0 Å². The first-order chi connectivity index (χ1) is 9.28. The van der Waals surface area contributed by atoms with Crippen molar-refractivity contribution in [3.05, 3.63) is 0 Å². The molecule has 0 amide bonds. The van der Waals surface area contributed by atoms with Gasteiger partial charge in [-0.2, -0.15) is 0 Å². The van der Waals surface area contributed by atoms with Gasteiger partial charge in [0.25, 0.3) is 0 Å². The van der Waals surface area contributed by atoms with E-state index in [4.69, 9.17) is 0 Å². The van der Waals surface area contributed by atoms with Gasteiger partial charge in [-0.15, -0.1) is 0 Å². The first-order valence-electron chi connectivity index (χ1n) is 8.75. The van der Waals surface area contributed by atoms with E-state index in [2.05, 4.69) is 51.8 Å². The summed E-state index contributed by atoms with van der Waals surface area (Å²) in [4.78, 5) is 2.73. The van der Waals surface area contributed by atoms with Gasteiger partial charge >= 0.3 is 0 Å². The van der Waals surface area contributed by atoms with Gasteiger partial charge in [-0.3, -0.25) is 0 Å². The first-order valence-corrected chi connectivity index (χ1v) is 8.75. The Morgan fingerprint density at radius 3 is 2.15 bits per heavy atom. The van der Waals surface area contributed by atoms with Crippen molar-refractivity contribution in [2.45, 2.75) is 79.2 Å². The van der Waals surface area contributed by atoms with Crippen LogP contribution in [0.25, 0.3) is 0 Å². The maximum atomic E-state index is 3.74. The number of hydrogen-bond donors (Lipinski definition) is 1. The van der Waals surface area contributed by atoms with Crippen molar-refractivity contribution in [2.24, 2.45) is 11.3 Å². The van der Waals surface area contributed by atoms with Crippen molar-refractivity contribution in [1.82, 2.24) is 10.2 Å². The Labute approximate surface area is 127 Å². The molecule has 0 aromatic rings. The van der Waals surface area contributed by atoms with Crippen LogP contribution in [0, 0.1) is 11.3 Å². The van der Waals surface area contributed by atoms with Gasteiger partial charge in [-0.1, -0.05) is 27.2 Å². The van der Waals surface area contributed by atoms with E-state index < -0.39 is 0 Å². The smallest absolute Gasteiger partial charge is 0.00967 e. The monoisotopic (exact) mass is 282 g/mol. The minimum atomic E-state index is 0.223. The summed E-state index contributed by atoms with van der Waals surface area (Å²) < 4.78 is 0. The zero-order chi connectivity index (χ0) is 15.2. The summed E-state index contributed by atoms with van der Waals surface area (Å²) in [5.41, 5.74) is 0.632. The van der Waals surface area contributed by atoms with Gasteiger partial charge in [0.15, 0.2) is 0 Å². The molecule has 2 nitrogen and oxygen atoms in total. The molecule has 0 aliphatic heterocycles. The summed E-state index contributed by atoms with van der Waals surface area (Å²) in [5.74, 6) is 1.00. The second kappa shape index (κ2) is 7.79. The lowest BCUT2D eigenvalue weighted by Gasteiger charge is -2.38. The van der Waals surface area contributed by atoms with E-state index in [1.54, 1.807) is 0 Å². The average Bonchev–Trinajstić information content (AvgIpc) is 3.10. The van der Waals surface area contributed by atoms with E-state index >= 15 is 0 Å². The fourth-order valence-electron chi connectivity index (χ4n) is 3.06. The Morgan fingerprint density at radius 1 is 1.05 bits per heavy atom. The molecule has 1 atom stereocenters. The zero-order valence-corrected chi connectivity index (χ0v) is 14.9. The predicted molar refractivity (Wildman–Crippen MR) is 90.2 cm³/mol. The highest BCUT2D eigenvalue weighted by atomic mass is 15.1. The van der Waals surface area contributed by atoms with Crippen LogP contribution in [0.1, 0.15) is 73.6 Å². The molecule has 0 heterocycles. The number of nitrogens with zero attached hydrogens (tertiary/aromatic N) is 1. The number of rotatable bonds is 10. The molecule has 0 aromatic carbocycles. The van der Waals surface area contributed by atoms with E-state index in [0.717, 1.165) is 12.5 Å². The lowest BCUT2D eigenvalue weighted by Crippen LogP contribution is -2.48. The lowest BCUT2D eigenvalue weighted by molar-refractivity contribution is 0.136. The Kier molecular flexibility index (Phi) is 7.00. The largest absolute Gasteiger partial charge is 0.311 e. The van der Waals surface area contributed by atoms with Crippen LogP contribution in [0.15, 0.2) is 0 Å². The van der Waals surface area contributed by atoms with Crippen LogP contribution in [-0.4, -0.2) is 36.6 Å². The minimum Gasteiger partial charge on any atom is -0.311 e. The van der Waals surface area contributed by atoms with Crippen molar-refractivity contribution in [3.8, 4) is 0 Å². The molecule has 0 spiro atoms. The fourth-order valence-corrected chi connectivity index (χ4v) is 3.06. The van der Waals surface area contributed by atoms with E-state index in [0.29, 0.717) is 5.41 Å². The second-order valence-corrected chi connectivity index (χ2v) is 8.34. The van der Waals surface area contributed by atoms with Crippen LogP contribution in [0.3, 0.4) is 0 Å². The highest BCUT2D eigenvalue weighted by Gasteiger charge is 2.30. The molecule has 2 heteroatoms. The predicted octanol–water partition coefficient (Wildman–Crippen LogP) is 4.30. The summed E-state index contributed by atoms with van der Waals surface area (Å²) in [6.07, 6.45) is 6.81. The molecule has 1 aliphatic carbocycles. The van der Waals surface area contributed by atoms with Crippen LogP contribution < -0.4 is 5.32 Å². The number of hydrogen-bond acceptors (Lipinski definition) is 2. The molecule has 1 aliphatic rings. The standard InChI is InChI=1S/C18H38N2/c1-7-11-18(6,14-19-17(3,4)5)15-20(12-8-2)13-16-9-10-16/h16,19H,7-15H2,1-6H3. The van der Waals surface area contributed by atoms with Crippen LogP contribution >= 0.6 is 0 Å².